The van der Waals surface area contributed by atoms with Gasteiger partial charge < -0.3 is 9.97 Å². The van der Waals surface area contributed by atoms with Gasteiger partial charge in [-0.2, -0.15) is 11.3 Å². The van der Waals surface area contributed by atoms with Crippen LogP contribution in [0.5, 0.6) is 0 Å². The van der Waals surface area contributed by atoms with Crippen molar-refractivity contribution in [1.29, 1.82) is 0 Å². The number of nitrogens with zero attached hydrogens (tertiary/aromatic N) is 2. The van der Waals surface area contributed by atoms with Crippen molar-refractivity contribution in [2.75, 3.05) is 0 Å². The summed E-state index contributed by atoms with van der Waals surface area (Å²) < 4.78 is 2.57. The van der Waals surface area contributed by atoms with Crippen LogP contribution in [0.1, 0.15) is 32.3 Å². The Labute approximate surface area is 298 Å². The topological polar surface area (TPSA) is 25.8 Å². The summed E-state index contributed by atoms with van der Waals surface area (Å²) in [5, 5.41) is 4.00. The normalized spacial score (nSPS) is 12.0. The van der Waals surface area contributed by atoms with Gasteiger partial charge in [-0.3, -0.25) is 0 Å². The van der Waals surface area contributed by atoms with Gasteiger partial charge in [0.25, 0.3) is 0 Å². The number of hydrogen-bond acceptors (Lipinski definition) is 3. The van der Waals surface area contributed by atoms with Crippen molar-refractivity contribution in [1.82, 2.24) is 9.97 Å². The molecule has 0 aliphatic rings. The van der Waals surface area contributed by atoms with Crippen molar-refractivity contribution < 1.29 is 20.1 Å². The molecule has 7 rings (SSSR count). The van der Waals surface area contributed by atoms with E-state index in [1.54, 1.807) is 0 Å². The Morgan fingerprint density at radius 1 is 0.745 bits per heavy atom. The van der Waals surface area contributed by atoms with Gasteiger partial charge in [0.15, 0.2) is 0 Å². The van der Waals surface area contributed by atoms with E-state index in [0.29, 0.717) is 11.8 Å². The molecule has 2 nitrogen and oxygen atoms in total. The van der Waals surface area contributed by atoms with Crippen molar-refractivity contribution in [2.24, 2.45) is 5.92 Å². The Morgan fingerprint density at radius 2 is 1.49 bits per heavy atom. The van der Waals surface area contributed by atoms with Gasteiger partial charge in [0, 0.05) is 37.2 Å². The van der Waals surface area contributed by atoms with E-state index in [1.165, 1.54) is 42.0 Å². The van der Waals surface area contributed by atoms with Crippen LogP contribution >= 0.6 is 11.3 Å². The van der Waals surface area contributed by atoms with E-state index in [4.69, 9.17) is 4.98 Å². The number of hydrogen-bond donors (Lipinski definition) is 0. The van der Waals surface area contributed by atoms with E-state index in [9.17, 15) is 0 Å². The molecule has 0 spiro atoms. The Bertz CT molecular complexity index is 2060. The molecule has 1 unspecified atom stereocenters. The summed E-state index contributed by atoms with van der Waals surface area (Å²) in [6.07, 6.45) is 3.96. The molecule has 0 fully saturated rings. The van der Waals surface area contributed by atoms with Crippen molar-refractivity contribution >= 4 is 44.8 Å². The maximum Gasteiger partial charge on any atom is 0.0795 e. The molecule has 0 aliphatic carbocycles. The molecule has 1 atom stereocenters. The fraction of sp³-hybridized carbons (Fsp3) is 0.190. The molecule has 5 heteroatoms. The minimum atomic E-state index is -1.23. The fourth-order valence-electron chi connectivity index (χ4n) is 5.61. The minimum absolute atomic E-state index is 0. The van der Waals surface area contributed by atoms with Gasteiger partial charge in [0.1, 0.15) is 0 Å². The molecule has 239 valence electrons. The molecule has 4 aromatic carbocycles. The minimum Gasteiger partial charge on any atom is -0.305 e. The second-order valence-electron chi connectivity index (χ2n) is 13.2. The monoisotopic (exact) mass is 825 g/mol. The van der Waals surface area contributed by atoms with E-state index in [1.807, 2.05) is 48.0 Å². The Morgan fingerprint density at radius 3 is 2.17 bits per heavy atom. The standard InChI is InChI=1S/C28H24NS.C14H16NSi.Ir/c1-18(2)19(3)21-15-16-29-25(17-21)23-14-13-22(20-9-5-4-6-10-20)27-24-11-7-8-12-26(24)30-28(23)27;1-16(2,3)13-9-10-14(15-11-13)12-7-5-4-6-8-12;/h4-13,15-19H,1-3H3;4-7,9-11H,1-3H3;/q2*-1;. The van der Waals surface area contributed by atoms with E-state index in [2.05, 4.69) is 142 Å². The quantitative estimate of drug-likeness (QED) is 0.123. The summed E-state index contributed by atoms with van der Waals surface area (Å²) in [6.45, 7) is 13.8. The maximum atomic E-state index is 4.75. The van der Waals surface area contributed by atoms with Gasteiger partial charge in [-0.05, 0) is 50.6 Å². The summed E-state index contributed by atoms with van der Waals surface area (Å²) in [6, 6.07) is 44.9. The Kier molecular flexibility index (Phi) is 11.0. The van der Waals surface area contributed by atoms with E-state index in [-0.39, 0.29) is 20.1 Å². The number of thiophene rings is 1. The second-order valence-corrected chi connectivity index (χ2v) is 19.3. The summed E-state index contributed by atoms with van der Waals surface area (Å²) in [5.41, 5.74) is 7.97. The molecule has 7 aromatic rings. The van der Waals surface area contributed by atoms with Gasteiger partial charge in [-0.25, -0.2) is 0 Å². The first kappa shape index (κ1) is 34.6. The predicted octanol–water partition coefficient (Wildman–Crippen LogP) is 11.4. The van der Waals surface area contributed by atoms with E-state index in [0.717, 1.165) is 22.5 Å². The average molecular weight is 825 g/mol. The first-order chi connectivity index (χ1) is 22.2. The number of fused-ring (bicyclic) bond motifs is 3. The number of aromatic nitrogens is 2. The largest absolute Gasteiger partial charge is 0.305 e. The van der Waals surface area contributed by atoms with Crippen molar-refractivity contribution in [3.8, 4) is 33.6 Å². The van der Waals surface area contributed by atoms with E-state index >= 15 is 0 Å². The van der Waals surface area contributed by atoms with Gasteiger partial charge in [0.2, 0.25) is 0 Å². The third-order valence-corrected chi connectivity index (χ3v) is 11.9. The van der Waals surface area contributed by atoms with Crippen LogP contribution in [0.25, 0.3) is 53.8 Å². The summed E-state index contributed by atoms with van der Waals surface area (Å²) >= 11 is 1.84. The molecule has 0 amide bonds. The first-order valence-electron chi connectivity index (χ1n) is 16.0. The van der Waals surface area contributed by atoms with Gasteiger partial charge in [-0.1, -0.05) is 129 Å². The average Bonchev–Trinajstić information content (AvgIpc) is 3.48. The van der Waals surface area contributed by atoms with Crippen LogP contribution in [0.4, 0.5) is 0 Å². The summed E-state index contributed by atoms with van der Waals surface area (Å²) in [7, 11) is -1.23. The molecule has 3 heterocycles. The van der Waals surface area contributed by atoms with Crippen LogP contribution in [0.2, 0.25) is 19.6 Å². The smallest absolute Gasteiger partial charge is 0.0795 e. The van der Waals surface area contributed by atoms with Crippen molar-refractivity contribution in [2.45, 2.75) is 46.3 Å². The van der Waals surface area contributed by atoms with Crippen LogP contribution in [0.15, 0.2) is 122 Å². The summed E-state index contributed by atoms with van der Waals surface area (Å²) in [5.74, 6) is 1.09. The molecule has 0 bridgehead atoms. The van der Waals surface area contributed by atoms with Gasteiger partial charge in [0.05, 0.1) is 8.07 Å². The SMILES string of the molecule is CC(C)C(C)c1ccnc(-c2[c-]cc(-c3ccccc3)c3c2sc2ccccc23)c1.C[Si](C)(C)c1ccc(-c2[c-]cccc2)nc1.[Ir]. The Balaban J connectivity index is 0.000000217. The molecule has 1 radical (unpaired) electrons. The van der Waals surface area contributed by atoms with Crippen LogP contribution in [0, 0.1) is 18.1 Å². The van der Waals surface area contributed by atoms with Crippen molar-refractivity contribution in [3.63, 3.8) is 0 Å². The van der Waals surface area contributed by atoms with Crippen LogP contribution in [-0.2, 0) is 20.1 Å². The number of rotatable bonds is 6. The van der Waals surface area contributed by atoms with Gasteiger partial charge in [-0.15, -0.1) is 53.6 Å². The van der Waals surface area contributed by atoms with Gasteiger partial charge >= 0.3 is 0 Å². The van der Waals surface area contributed by atoms with Crippen LogP contribution in [-0.4, -0.2) is 18.0 Å². The number of benzene rings is 4. The molecule has 0 saturated heterocycles. The van der Waals surface area contributed by atoms with E-state index < -0.39 is 8.07 Å². The molecule has 47 heavy (non-hydrogen) atoms. The molecular formula is C42H40IrN2SSi-2. The molecule has 0 saturated carbocycles. The molecular weight excluding hydrogens is 785 g/mol. The number of pyridine rings is 2. The third kappa shape index (κ3) is 7.71. The molecule has 0 N–H and O–H groups in total. The first-order valence-corrected chi connectivity index (χ1v) is 20.3. The summed E-state index contributed by atoms with van der Waals surface area (Å²) in [4.78, 5) is 9.27. The Hall–Kier alpha value is -3.73. The third-order valence-electron chi connectivity index (χ3n) is 8.72. The zero-order chi connectivity index (χ0) is 32.3. The zero-order valence-electron chi connectivity index (χ0n) is 27.8. The molecule has 0 aliphatic heterocycles. The van der Waals surface area contributed by atoms with Crippen LogP contribution < -0.4 is 5.19 Å². The molecule has 3 aromatic heterocycles. The zero-order valence-corrected chi connectivity index (χ0v) is 32.0. The van der Waals surface area contributed by atoms with Crippen LogP contribution in [0.3, 0.4) is 0 Å². The fourth-order valence-corrected chi connectivity index (χ4v) is 7.88. The maximum absolute atomic E-state index is 4.75. The second kappa shape index (κ2) is 15.0. The predicted molar refractivity (Wildman–Crippen MR) is 202 cm³/mol. The van der Waals surface area contributed by atoms with Crippen molar-refractivity contribution in [3.05, 3.63) is 139 Å².